The zero-order valence-electron chi connectivity index (χ0n) is 17.9. The van der Waals surface area contributed by atoms with Crippen LogP contribution in [0.4, 0.5) is 11.4 Å². The van der Waals surface area contributed by atoms with Crippen molar-refractivity contribution in [2.75, 3.05) is 16.8 Å². The fourth-order valence-electron chi connectivity index (χ4n) is 4.40. The van der Waals surface area contributed by atoms with Crippen LogP contribution >= 0.6 is 0 Å². The molecule has 0 radical (unpaired) electrons. The second-order valence-corrected chi connectivity index (χ2v) is 8.42. The molecule has 1 saturated carbocycles. The van der Waals surface area contributed by atoms with Gasteiger partial charge in [0.05, 0.1) is 17.2 Å². The number of carbonyl (C=O) groups is 3. The number of hydrogen-bond acceptors (Lipinski definition) is 3. The van der Waals surface area contributed by atoms with Gasteiger partial charge in [-0.05, 0) is 49.1 Å². The molecule has 0 bridgehead atoms. The van der Waals surface area contributed by atoms with Crippen molar-refractivity contribution in [1.82, 2.24) is 5.32 Å². The number of carbonyl (C=O) groups excluding carboxylic acids is 3. The molecular formula is C25H29N3O3. The van der Waals surface area contributed by atoms with E-state index < -0.39 is 5.92 Å². The number of nitrogens with one attached hydrogen (secondary N) is 2. The second-order valence-electron chi connectivity index (χ2n) is 8.42. The summed E-state index contributed by atoms with van der Waals surface area (Å²) in [6.45, 7) is 2.43. The minimum atomic E-state index is -0.454. The van der Waals surface area contributed by atoms with Crippen LogP contribution in [0.1, 0.15) is 54.9 Å². The predicted octanol–water partition coefficient (Wildman–Crippen LogP) is 3.91. The van der Waals surface area contributed by atoms with E-state index in [0.717, 1.165) is 37.8 Å². The first-order chi connectivity index (χ1) is 15.0. The molecule has 4 rings (SSSR count). The number of nitrogens with zero attached hydrogens (tertiary/aromatic N) is 1. The quantitative estimate of drug-likeness (QED) is 0.745. The highest BCUT2D eigenvalue weighted by Crippen LogP contribution is 2.27. The summed E-state index contributed by atoms with van der Waals surface area (Å²) in [4.78, 5) is 39.9. The summed E-state index contributed by atoms with van der Waals surface area (Å²) in [5.41, 5.74) is 2.96. The minimum absolute atomic E-state index is 0.0586. The Kier molecular flexibility index (Phi) is 6.35. The lowest BCUT2D eigenvalue weighted by Gasteiger charge is -2.18. The maximum Gasteiger partial charge on any atom is 0.253 e. The molecule has 0 aromatic heterocycles. The van der Waals surface area contributed by atoms with Gasteiger partial charge in [0.15, 0.2) is 0 Å². The first-order valence-electron chi connectivity index (χ1n) is 11.1. The molecule has 31 heavy (non-hydrogen) atoms. The van der Waals surface area contributed by atoms with Gasteiger partial charge in [0.25, 0.3) is 5.91 Å². The Morgan fingerprint density at radius 1 is 1.03 bits per heavy atom. The van der Waals surface area contributed by atoms with Crippen molar-refractivity contribution in [2.24, 2.45) is 5.92 Å². The van der Waals surface area contributed by atoms with Gasteiger partial charge < -0.3 is 15.5 Å². The normalized spacial score (nSPS) is 18.9. The summed E-state index contributed by atoms with van der Waals surface area (Å²) in [5.74, 6) is -0.911. The molecular weight excluding hydrogens is 390 g/mol. The first-order valence-corrected chi connectivity index (χ1v) is 11.1. The van der Waals surface area contributed by atoms with E-state index in [9.17, 15) is 14.4 Å². The Morgan fingerprint density at radius 3 is 2.45 bits per heavy atom. The van der Waals surface area contributed by atoms with E-state index in [1.54, 1.807) is 29.2 Å². The minimum Gasteiger partial charge on any atom is -0.349 e. The van der Waals surface area contributed by atoms with E-state index in [1.165, 1.54) is 5.56 Å². The molecule has 6 nitrogen and oxygen atoms in total. The molecule has 1 aliphatic heterocycles. The molecule has 1 aliphatic carbocycles. The van der Waals surface area contributed by atoms with Crippen molar-refractivity contribution in [1.29, 1.82) is 0 Å². The summed E-state index contributed by atoms with van der Waals surface area (Å²) in [5, 5.41) is 5.96. The number of benzene rings is 2. The highest BCUT2D eigenvalue weighted by molar-refractivity contribution is 6.07. The van der Waals surface area contributed by atoms with Gasteiger partial charge in [-0.3, -0.25) is 14.4 Å². The van der Waals surface area contributed by atoms with Crippen LogP contribution in [-0.2, 0) is 16.0 Å². The van der Waals surface area contributed by atoms with E-state index >= 15 is 0 Å². The van der Waals surface area contributed by atoms with E-state index in [1.807, 2.05) is 24.3 Å². The molecule has 3 amide bonds. The van der Waals surface area contributed by atoms with Gasteiger partial charge in [-0.1, -0.05) is 44.0 Å². The first kappa shape index (κ1) is 21.1. The number of hydrogen-bond donors (Lipinski definition) is 2. The van der Waals surface area contributed by atoms with E-state index in [-0.39, 0.29) is 30.2 Å². The largest absolute Gasteiger partial charge is 0.349 e. The summed E-state index contributed by atoms with van der Waals surface area (Å²) in [6.07, 6.45) is 5.37. The average molecular weight is 420 g/mol. The molecule has 0 unspecified atom stereocenters. The highest BCUT2D eigenvalue weighted by Gasteiger charge is 2.35. The fourth-order valence-corrected chi connectivity index (χ4v) is 4.40. The van der Waals surface area contributed by atoms with Crippen molar-refractivity contribution in [2.45, 2.75) is 51.5 Å². The summed E-state index contributed by atoms with van der Waals surface area (Å²) >= 11 is 0. The lowest BCUT2D eigenvalue weighted by molar-refractivity contribution is -0.122. The fraction of sp³-hybridized carbons (Fsp3) is 0.400. The monoisotopic (exact) mass is 419 g/mol. The maximum atomic E-state index is 12.9. The third-order valence-corrected chi connectivity index (χ3v) is 6.27. The van der Waals surface area contributed by atoms with E-state index in [0.29, 0.717) is 17.8 Å². The lowest BCUT2D eigenvalue weighted by Crippen LogP contribution is -2.34. The number of rotatable bonds is 6. The van der Waals surface area contributed by atoms with Crippen molar-refractivity contribution in [3.63, 3.8) is 0 Å². The topological polar surface area (TPSA) is 78.5 Å². The molecule has 2 aliphatic rings. The maximum absolute atomic E-state index is 12.9. The molecule has 162 valence electrons. The van der Waals surface area contributed by atoms with Gasteiger partial charge in [0.2, 0.25) is 11.8 Å². The Balaban J connectivity index is 1.42. The van der Waals surface area contributed by atoms with Crippen molar-refractivity contribution in [3.05, 3.63) is 59.7 Å². The van der Waals surface area contributed by atoms with E-state index in [2.05, 4.69) is 17.6 Å². The highest BCUT2D eigenvalue weighted by atomic mass is 16.2. The summed E-state index contributed by atoms with van der Waals surface area (Å²) < 4.78 is 0. The molecule has 2 N–H and O–H groups in total. The Morgan fingerprint density at radius 2 is 1.74 bits per heavy atom. The zero-order valence-corrected chi connectivity index (χ0v) is 17.9. The van der Waals surface area contributed by atoms with Crippen molar-refractivity contribution < 1.29 is 14.4 Å². The summed E-state index contributed by atoms with van der Waals surface area (Å²) in [6, 6.07) is 15.1. The van der Waals surface area contributed by atoms with Crippen molar-refractivity contribution >= 4 is 29.1 Å². The van der Waals surface area contributed by atoms with Gasteiger partial charge in [0, 0.05) is 24.7 Å². The zero-order chi connectivity index (χ0) is 21.8. The molecule has 1 heterocycles. The van der Waals surface area contributed by atoms with Crippen molar-refractivity contribution in [3.8, 4) is 0 Å². The number of anilines is 2. The van der Waals surface area contributed by atoms with Crippen LogP contribution in [0, 0.1) is 5.92 Å². The van der Waals surface area contributed by atoms with Gasteiger partial charge in [-0.2, -0.15) is 0 Å². The van der Waals surface area contributed by atoms with E-state index in [4.69, 9.17) is 0 Å². The SMILES string of the molecule is CCc1ccc(N2C[C@@H](C(=O)Nc3ccccc3C(=O)NC3CCCC3)CC2=O)cc1. The Hall–Kier alpha value is -3.15. The standard InChI is InChI=1S/C25H29N3O3/c1-2-17-11-13-20(14-12-17)28-16-18(15-23(28)29)24(30)27-22-10-6-5-9-21(22)25(31)26-19-7-3-4-8-19/h5-6,9-14,18-19H,2-4,7-8,15-16H2,1H3,(H,26,31)(H,27,30)/t18-/m0/s1. The lowest BCUT2D eigenvalue weighted by atomic mass is 10.1. The predicted molar refractivity (Wildman–Crippen MR) is 121 cm³/mol. The van der Waals surface area contributed by atoms with Crippen LogP contribution in [0.2, 0.25) is 0 Å². The molecule has 1 saturated heterocycles. The Bertz CT molecular complexity index is 964. The third-order valence-electron chi connectivity index (χ3n) is 6.27. The molecule has 1 atom stereocenters. The number of aryl methyl sites for hydroxylation is 1. The average Bonchev–Trinajstić information content (AvgIpc) is 3.44. The van der Waals surface area contributed by atoms with Crippen LogP contribution in [-0.4, -0.2) is 30.3 Å². The van der Waals surface area contributed by atoms with Gasteiger partial charge >= 0.3 is 0 Å². The number of amides is 3. The van der Waals surface area contributed by atoms with Crippen LogP contribution in [0.25, 0.3) is 0 Å². The Labute approximate surface area is 183 Å². The molecule has 2 aromatic carbocycles. The molecule has 6 heteroatoms. The van der Waals surface area contributed by atoms with Gasteiger partial charge in [0.1, 0.15) is 0 Å². The van der Waals surface area contributed by atoms with Crippen LogP contribution in [0.3, 0.4) is 0 Å². The van der Waals surface area contributed by atoms with Crippen LogP contribution < -0.4 is 15.5 Å². The van der Waals surface area contributed by atoms with Gasteiger partial charge in [-0.25, -0.2) is 0 Å². The van der Waals surface area contributed by atoms with Crippen LogP contribution in [0.5, 0.6) is 0 Å². The number of para-hydroxylation sites is 1. The summed E-state index contributed by atoms with van der Waals surface area (Å²) in [7, 11) is 0. The molecule has 2 fully saturated rings. The molecule has 0 spiro atoms. The van der Waals surface area contributed by atoms with Crippen LogP contribution in [0.15, 0.2) is 48.5 Å². The van der Waals surface area contributed by atoms with Gasteiger partial charge in [-0.15, -0.1) is 0 Å². The molecule has 2 aromatic rings. The third kappa shape index (κ3) is 4.79. The second kappa shape index (κ2) is 9.33. The smallest absolute Gasteiger partial charge is 0.253 e.